The van der Waals surface area contributed by atoms with E-state index in [9.17, 15) is 14.4 Å². The molecule has 3 rings (SSSR count). The van der Waals surface area contributed by atoms with Crippen LogP contribution in [0.2, 0.25) is 0 Å². The molecule has 0 aromatic carbocycles. The number of rotatable bonds is 2. The lowest BCUT2D eigenvalue weighted by molar-refractivity contribution is -0.155. The molecule has 0 aromatic heterocycles. The smallest absolute Gasteiger partial charge is 0.309 e. The second-order valence-electron chi connectivity index (χ2n) is 5.52. The van der Waals surface area contributed by atoms with Crippen molar-refractivity contribution in [1.29, 1.82) is 0 Å². The summed E-state index contributed by atoms with van der Waals surface area (Å²) in [6.07, 6.45) is -0.0364. The van der Waals surface area contributed by atoms with E-state index >= 15 is 0 Å². The lowest BCUT2D eigenvalue weighted by atomic mass is 9.80. The molecule has 6 atom stereocenters. The maximum absolute atomic E-state index is 11.7. The molecule has 2 saturated carbocycles. The quantitative estimate of drug-likeness (QED) is 0.529. The van der Waals surface area contributed by atoms with Gasteiger partial charge >= 0.3 is 17.9 Å². The number of carbonyl (C=O) groups is 3. The van der Waals surface area contributed by atoms with Crippen molar-refractivity contribution >= 4 is 17.9 Å². The Kier molecular flexibility index (Phi) is 2.76. The Morgan fingerprint density at radius 2 is 1.84 bits per heavy atom. The van der Waals surface area contributed by atoms with Crippen LogP contribution in [0.15, 0.2) is 0 Å². The standard InChI is InChI=1S/C13H16O6/c1-5(14)18-9-3-7-10-8(4-17-13(10)16)11(9)12(7)19-6(2)15/h7-12H,3-4H2,1-2H3/t7-,8+,9-,10+,11+,12-/m0/s1. The van der Waals surface area contributed by atoms with Crippen molar-refractivity contribution in [3.8, 4) is 0 Å². The van der Waals surface area contributed by atoms with Gasteiger partial charge in [0.2, 0.25) is 0 Å². The summed E-state index contributed by atoms with van der Waals surface area (Å²) in [7, 11) is 0. The molecule has 6 heteroatoms. The molecule has 6 nitrogen and oxygen atoms in total. The van der Waals surface area contributed by atoms with Crippen molar-refractivity contribution < 1.29 is 28.6 Å². The van der Waals surface area contributed by atoms with Gasteiger partial charge in [-0.05, 0) is 6.42 Å². The molecule has 104 valence electrons. The minimum absolute atomic E-state index is 0.0000463. The number of hydrogen-bond donors (Lipinski definition) is 0. The maximum atomic E-state index is 11.7. The molecule has 19 heavy (non-hydrogen) atoms. The first kappa shape index (κ1) is 12.4. The molecule has 0 amide bonds. The van der Waals surface area contributed by atoms with Crippen molar-refractivity contribution in [1.82, 2.24) is 0 Å². The lowest BCUT2D eigenvalue weighted by Gasteiger charge is -2.27. The highest BCUT2D eigenvalue weighted by atomic mass is 16.6. The number of hydrogen-bond acceptors (Lipinski definition) is 6. The van der Waals surface area contributed by atoms with Gasteiger partial charge in [-0.1, -0.05) is 0 Å². The van der Waals surface area contributed by atoms with Crippen LogP contribution < -0.4 is 0 Å². The van der Waals surface area contributed by atoms with Gasteiger partial charge in [0.15, 0.2) is 0 Å². The van der Waals surface area contributed by atoms with Crippen molar-refractivity contribution in [2.45, 2.75) is 32.5 Å². The number of cyclic esters (lactones) is 1. The molecular formula is C13H16O6. The summed E-state index contributed by atoms with van der Waals surface area (Å²) < 4.78 is 15.7. The molecule has 1 heterocycles. The zero-order chi connectivity index (χ0) is 13.7. The number of esters is 3. The summed E-state index contributed by atoms with van der Waals surface area (Å²) in [4.78, 5) is 34.1. The summed E-state index contributed by atoms with van der Waals surface area (Å²) in [5.41, 5.74) is 0. The third-order valence-corrected chi connectivity index (χ3v) is 4.46. The number of fused-ring (bicyclic) bond motifs is 5. The van der Waals surface area contributed by atoms with E-state index in [1.807, 2.05) is 0 Å². The van der Waals surface area contributed by atoms with E-state index in [2.05, 4.69) is 0 Å². The molecule has 0 aromatic rings. The van der Waals surface area contributed by atoms with Crippen molar-refractivity contribution in [3.63, 3.8) is 0 Å². The maximum Gasteiger partial charge on any atom is 0.309 e. The lowest BCUT2D eigenvalue weighted by Crippen LogP contribution is -2.35. The molecule has 2 aliphatic carbocycles. The highest BCUT2D eigenvalue weighted by Gasteiger charge is 2.66. The van der Waals surface area contributed by atoms with Crippen molar-refractivity contribution in [2.24, 2.45) is 23.7 Å². The molecule has 2 bridgehead atoms. The summed E-state index contributed by atoms with van der Waals surface area (Å²) >= 11 is 0. The monoisotopic (exact) mass is 268 g/mol. The van der Waals surface area contributed by atoms with Gasteiger partial charge in [-0.3, -0.25) is 14.4 Å². The number of carbonyl (C=O) groups excluding carboxylic acids is 3. The fourth-order valence-corrected chi connectivity index (χ4v) is 4.02. The Bertz CT molecular complexity index is 444. The predicted octanol–water partition coefficient (Wildman–Crippen LogP) is 0.289. The SMILES string of the molecule is CC(=O)O[C@H]1[C@H]2C[C@H](OC(C)=O)[C@H]1[C@@H]1COC(=O)[C@H]21. The van der Waals surface area contributed by atoms with Gasteiger partial charge in [0, 0.05) is 31.6 Å². The van der Waals surface area contributed by atoms with Crippen LogP contribution >= 0.6 is 0 Å². The Labute approximate surface area is 110 Å². The average Bonchev–Trinajstić information content (AvgIpc) is 2.89. The Hall–Kier alpha value is -1.59. The first-order chi connectivity index (χ1) is 8.99. The van der Waals surface area contributed by atoms with Crippen LogP contribution in [0, 0.1) is 23.7 Å². The predicted molar refractivity (Wildman–Crippen MR) is 60.6 cm³/mol. The van der Waals surface area contributed by atoms with E-state index in [0.717, 1.165) is 0 Å². The first-order valence-electron chi connectivity index (χ1n) is 6.50. The van der Waals surface area contributed by atoms with Gasteiger partial charge in [0.25, 0.3) is 0 Å². The molecule has 3 fully saturated rings. The average molecular weight is 268 g/mol. The Balaban J connectivity index is 1.85. The number of ether oxygens (including phenoxy) is 3. The molecule has 1 aliphatic heterocycles. The molecule has 0 radical (unpaired) electrons. The molecule has 1 saturated heterocycles. The van der Waals surface area contributed by atoms with E-state index < -0.39 is 0 Å². The van der Waals surface area contributed by atoms with Gasteiger partial charge in [-0.25, -0.2) is 0 Å². The van der Waals surface area contributed by atoms with Crippen LogP contribution in [0.5, 0.6) is 0 Å². The minimum Gasteiger partial charge on any atom is -0.465 e. The van der Waals surface area contributed by atoms with E-state index in [1.54, 1.807) is 0 Å². The van der Waals surface area contributed by atoms with E-state index in [0.29, 0.717) is 13.0 Å². The van der Waals surface area contributed by atoms with Gasteiger partial charge in [0.1, 0.15) is 12.2 Å². The van der Waals surface area contributed by atoms with E-state index in [1.165, 1.54) is 13.8 Å². The normalized spacial score (nSPS) is 42.7. The zero-order valence-corrected chi connectivity index (χ0v) is 10.8. The molecular weight excluding hydrogens is 252 g/mol. The van der Waals surface area contributed by atoms with Crippen LogP contribution in [0.1, 0.15) is 20.3 Å². The Morgan fingerprint density at radius 3 is 2.47 bits per heavy atom. The zero-order valence-electron chi connectivity index (χ0n) is 10.8. The van der Waals surface area contributed by atoms with Gasteiger partial charge < -0.3 is 14.2 Å². The molecule has 0 N–H and O–H groups in total. The minimum atomic E-state index is -0.364. The molecule has 0 spiro atoms. The van der Waals surface area contributed by atoms with Crippen LogP contribution in [0.3, 0.4) is 0 Å². The summed E-state index contributed by atoms with van der Waals surface area (Å²) in [6.45, 7) is 3.05. The van der Waals surface area contributed by atoms with Crippen molar-refractivity contribution in [3.05, 3.63) is 0 Å². The van der Waals surface area contributed by atoms with Crippen LogP contribution in [0.25, 0.3) is 0 Å². The highest BCUT2D eigenvalue weighted by molar-refractivity contribution is 5.77. The summed E-state index contributed by atoms with van der Waals surface area (Å²) in [5.74, 6) is -1.33. The second-order valence-corrected chi connectivity index (χ2v) is 5.52. The molecule has 0 unspecified atom stereocenters. The van der Waals surface area contributed by atoms with Crippen LogP contribution in [-0.4, -0.2) is 36.7 Å². The van der Waals surface area contributed by atoms with E-state index in [4.69, 9.17) is 14.2 Å². The van der Waals surface area contributed by atoms with Gasteiger partial charge in [-0.15, -0.1) is 0 Å². The van der Waals surface area contributed by atoms with Gasteiger partial charge in [0.05, 0.1) is 12.5 Å². The van der Waals surface area contributed by atoms with Crippen LogP contribution in [0.4, 0.5) is 0 Å². The van der Waals surface area contributed by atoms with E-state index in [-0.39, 0.29) is 53.8 Å². The Morgan fingerprint density at radius 1 is 1.16 bits per heavy atom. The third-order valence-electron chi connectivity index (χ3n) is 4.46. The largest absolute Gasteiger partial charge is 0.465 e. The third kappa shape index (κ3) is 1.81. The molecule has 3 aliphatic rings. The summed E-state index contributed by atoms with van der Waals surface area (Å²) in [5, 5.41) is 0. The van der Waals surface area contributed by atoms with Crippen molar-refractivity contribution in [2.75, 3.05) is 6.61 Å². The summed E-state index contributed by atoms with van der Waals surface area (Å²) in [6, 6.07) is 0. The fraction of sp³-hybridized carbons (Fsp3) is 0.769. The van der Waals surface area contributed by atoms with Crippen LogP contribution in [-0.2, 0) is 28.6 Å². The van der Waals surface area contributed by atoms with Gasteiger partial charge in [-0.2, -0.15) is 0 Å². The highest BCUT2D eigenvalue weighted by Crippen LogP contribution is 2.57. The second kappa shape index (κ2) is 4.21. The fourth-order valence-electron chi connectivity index (χ4n) is 4.02. The topological polar surface area (TPSA) is 78.9 Å². The first-order valence-corrected chi connectivity index (χ1v) is 6.50.